The van der Waals surface area contributed by atoms with Gasteiger partial charge in [-0.25, -0.2) is 0 Å². The van der Waals surface area contributed by atoms with Crippen LogP contribution in [0.5, 0.6) is 5.75 Å². The van der Waals surface area contributed by atoms with Crippen LogP contribution in [0.1, 0.15) is 47.4 Å². The quantitative estimate of drug-likeness (QED) is 0.208. The number of hydrogen-bond acceptors (Lipinski definition) is 6. The molecule has 0 radical (unpaired) electrons. The summed E-state index contributed by atoms with van der Waals surface area (Å²) in [5, 5.41) is 2.43. The van der Waals surface area contributed by atoms with Gasteiger partial charge in [0.25, 0.3) is 0 Å². The Morgan fingerprint density at radius 2 is 1.67 bits per heavy atom. The molecule has 1 aromatic heterocycles. The first kappa shape index (κ1) is 24.1. The summed E-state index contributed by atoms with van der Waals surface area (Å²) in [7, 11) is 1.59. The van der Waals surface area contributed by atoms with Gasteiger partial charge >= 0.3 is 0 Å². The molecule has 1 spiro atoms. The highest BCUT2D eigenvalue weighted by molar-refractivity contribution is 7.12. The molecule has 0 amide bonds. The predicted octanol–water partition coefficient (Wildman–Crippen LogP) is 6.73. The lowest BCUT2D eigenvalue weighted by Crippen LogP contribution is -2.48. The number of methoxy groups -OCH3 is 1. The van der Waals surface area contributed by atoms with Gasteiger partial charge in [-0.2, -0.15) is 0 Å². The van der Waals surface area contributed by atoms with Crippen LogP contribution in [0, 0.1) is 5.41 Å². The summed E-state index contributed by atoms with van der Waals surface area (Å²) in [5.41, 5.74) is 1.63. The molecule has 0 N–H and O–H groups in total. The molecular formula is C32H22ClNO4S. The third kappa shape index (κ3) is 3.22. The predicted molar refractivity (Wildman–Crippen MR) is 152 cm³/mol. The Hall–Kier alpha value is -4.00. The third-order valence-electron chi connectivity index (χ3n) is 8.27. The molecule has 3 aromatic carbocycles. The standard InChI is InChI=1S/C32H22ClNO4S/c1-38-21-12-8-18(9-13-21)27-28(29(35)25-7-4-16-39-25)34-24-14-11-20(33)17-19(24)10-15-26(34)32(27)30(36)22-5-2-3-6-23(22)31(32)37/h2-17,26-28H,1H3. The van der Waals surface area contributed by atoms with Crippen LogP contribution in [0.3, 0.4) is 0 Å². The number of carbonyl (C=O) groups is 3. The van der Waals surface area contributed by atoms with Gasteiger partial charge in [0.2, 0.25) is 0 Å². The summed E-state index contributed by atoms with van der Waals surface area (Å²) in [6.45, 7) is 0. The maximum absolute atomic E-state index is 14.6. The molecule has 0 saturated carbocycles. The van der Waals surface area contributed by atoms with Crippen molar-refractivity contribution in [2.45, 2.75) is 18.0 Å². The SMILES string of the molecule is COc1ccc(C2C(C(=O)c3cccs3)N3c4ccc(Cl)cc4C=CC3C23C(=O)c2ccccc2C3=O)cc1. The van der Waals surface area contributed by atoms with Gasteiger partial charge in [0.1, 0.15) is 17.2 Å². The van der Waals surface area contributed by atoms with Crippen LogP contribution < -0.4 is 9.64 Å². The number of benzene rings is 3. The summed E-state index contributed by atoms with van der Waals surface area (Å²) < 4.78 is 5.39. The fourth-order valence-corrected chi connectivity index (χ4v) is 7.57. The number of halogens is 1. The van der Waals surface area contributed by atoms with Gasteiger partial charge in [-0.15, -0.1) is 11.3 Å². The van der Waals surface area contributed by atoms with Crippen LogP contribution in [0.25, 0.3) is 6.08 Å². The van der Waals surface area contributed by atoms with E-state index in [1.54, 1.807) is 43.5 Å². The Morgan fingerprint density at radius 1 is 0.949 bits per heavy atom. The number of rotatable bonds is 4. The molecular weight excluding hydrogens is 530 g/mol. The molecule has 39 heavy (non-hydrogen) atoms. The fourth-order valence-electron chi connectivity index (χ4n) is 6.70. The van der Waals surface area contributed by atoms with Crippen molar-refractivity contribution >= 4 is 52.1 Å². The number of hydrogen-bond donors (Lipinski definition) is 0. The smallest absolute Gasteiger partial charge is 0.195 e. The van der Waals surface area contributed by atoms with Crippen molar-refractivity contribution < 1.29 is 19.1 Å². The first-order valence-corrected chi connectivity index (χ1v) is 13.9. The lowest BCUT2D eigenvalue weighted by atomic mass is 9.64. The van der Waals surface area contributed by atoms with Crippen molar-refractivity contribution in [1.82, 2.24) is 0 Å². The van der Waals surface area contributed by atoms with E-state index in [2.05, 4.69) is 0 Å². The van der Waals surface area contributed by atoms with Crippen molar-refractivity contribution in [1.29, 1.82) is 0 Å². The van der Waals surface area contributed by atoms with E-state index in [1.165, 1.54) is 11.3 Å². The number of ether oxygens (including phenoxy) is 1. The normalized spacial score (nSPS) is 22.1. The molecule has 5 nitrogen and oxygen atoms in total. The van der Waals surface area contributed by atoms with E-state index in [1.807, 2.05) is 64.9 Å². The summed E-state index contributed by atoms with van der Waals surface area (Å²) in [4.78, 5) is 46.2. The maximum atomic E-state index is 14.6. The Kier molecular flexibility index (Phi) is 5.41. The molecule has 7 heteroatoms. The molecule has 7 rings (SSSR count). The summed E-state index contributed by atoms with van der Waals surface area (Å²) in [5.74, 6) is -0.719. The molecule has 1 aliphatic carbocycles. The number of fused-ring (bicyclic) bond motifs is 5. The molecule has 2 aliphatic heterocycles. The van der Waals surface area contributed by atoms with E-state index >= 15 is 0 Å². The molecule has 4 aromatic rings. The minimum absolute atomic E-state index is 0.125. The average Bonchev–Trinajstić information content (AvgIpc) is 3.66. The second kappa shape index (κ2) is 8.76. The number of Topliss-reactive ketones (excluding diaryl/α,β-unsaturated/α-hetero) is 3. The van der Waals surface area contributed by atoms with Crippen LogP contribution in [0.15, 0.2) is 90.3 Å². The van der Waals surface area contributed by atoms with Crippen molar-refractivity contribution in [3.63, 3.8) is 0 Å². The number of carbonyl (C=O) groups excluding carboxylic acids is 3. The van der Waals surface area contributed by atoms with Crippen molar-refractivity contribution in [3.05, 3.63) is 122 Å². The number of nitrogens with zero attached hydrogens (tertiary/aromatic N) is 1. The first-order valence-electron chi connectivity index (χ1n) is 12.6. The first-order chi connectivity index (χ1) is 19.0. The monoisotopic (exact) mass is 551 g/mol. The molecule has 3 atom stereocenters. The van der Waals surface area contributed by atoms with Crippen LogP contribution in [-0.2, 0) is 0 Å². The Balaban J connectivity index is 1.54. The molecule has 1 fully saturated rings. The number of thiophene rings is 1. The third-order valence-corrected chi connectivity index (χ3v) is 9.39. The van der Waals surface area contributed by atoms with Crippen LogP contribution in [0.2, 0.25) is 5.02 Å². The van der Waals surface area contributed by atoms with Crippen LogP contribution >= 0.6 is 22.9 Å². The largest absolute Gasteiger partial charge is 0.497 e. The van der Waals surface area contributed by atoms with Crippen LogP contribution in [-0.4, -0.2) is 36.5 Å². The molecule has 192 valence electrons. The number of ketones is 3. The minimum Gasteiger partial charge on any atom is -0.497 e. The Bertz CT molecular complexity index is 1660. The molecule has 0 bridgehead atoms. The van der Waals surface area contributed by atoms with E-state index in [9.17, 15) is 14.4 Å². The molecule has 3 aliphatic rings. The highest BCUT2D eigenvalue weighted by atomic mass is 35.5. The summed E-state index contributed by atoms with van der Waals surface area (Å²) in [6.07, 6.45) is 3.81. The van der Waals surface area contributed by atoms with Gasteiger partial charge in [-0.3, -0.25) is 14.4 Å². The topological polar surface area (TPSA) is 63.7 Å². The van der Waals surface area contributed by atoms with E-state index < -0.39 is 23.4 Å². The van der Waals surface area contributed by atoms with Crippen molar-refractivity contribution in [3.8, 4) is 5.75 Å². The highest BCUT2D eigenvalue weighted by Crippen LogP contribution is 2.61. The minimum atomic E-state index is -1.52. The lowest BCUT2D eigenvalue weighted by molar-refractivity contribution is 0.0666. The summed E-state index contributed by atoms with van der Waals surface area (Å²) in [6, 6.07) is 22.0. The molecule has 3 unspecified atom stereocenters. The van der Waals surface area contributed by atoms with Gasteiger partial charge in [-0.05, 0) is 52.9 Å². The zero-order chi connectivity index (χ0) is 26.9. The van der Waals surface area contributed by atoms with E-state index in [4.69, 9.17) is 16.3 Å². The summed E-state index contributed by atoms with van der Waals surface area (Å²) >= 11 is 7.70. The van der Waals surface area contributed by atoms with Crippen molar-refractivity contribution in [2.75, 3.05) is 12.0 Å². The van der Waals surface area contributed by atoms with E-state index in [-0.39, 0.29) is 17.3 Å². The van der Waals surface area contributed by atoms with Gasteiger partial charge < -0.3 is 9.64 Å². The lowest BCUT2D eigenvalue weighted by Gasteiger charge is -2.37. The second-order valence-electron chi connectivity index (χ2n) is 10.0. The van der Waals surface area contributed by atoms with Crippen molar-refractivity contribution in [2.24, 2.45) is 5.41 Å². The van der Waals surface area contributed by atoms with E-state index in [0.717, 1.165) is 16.8 Å². The van der Waals surface area contributed by atoms with E-state index in [0.29, 0.717) is 26.8 Å². The zero-order valence-electron chi connectivity index (χ0n) is 20.8. The van der Waals surface area contributed by atoms with Crippen LogP contribution in [0.4, 0.5) is 5.69 Å². The highest BCUT2D eigenvalue weighted by Gasteiger charge is 2.71. The maximum Gasteiger partial charge on any atom is 0.195 e. The average molecular weight is 552 g/mol. The Labute approximate surface area is 234 Å². The second-order valence-corrected chi connectivity index (χ2v) is 11.4. The molecule has 3 heterocycles. The van der Waals surface area contributed by atoms with Gasteiger partial charge in [0.15, 0.2) is 17.3 Å². The van der Waals surface area contributed by atoms with Gasteiger partial charge in [-0.1, -0.05) is 66.2 Å². The van der Waals surface area contributed by atoms with Gasteiger partial charge in [0, 0.05) is 27.8 Å². The fraction of sp³-hybridized carbons (Fsp3) is 0.156. The molecule has 1 saturated heterocycles. The zero-order valence-corrected chi connectivity index (χ0v) is 22.4. The Morgan fingerprint density at radius 3 is 2.31 bits per heavy atom. The van der Waals surface area contributed by atoms with Gasteiger partial charge in [0.05, 0.1) is 18.0 Å². The number of anilines is 1.